The molecule has 0 spiro atoms. The summed E-state index contributed by atoms with van der Waals surface area (Å²) in [6.45, 7) is 3.50. The molecule has 4 rings (SSSR count). The molecule has 1 aliphatic rings. The first-order chi connectivity index (χ1) is 13.7. The molecule has 4 nitrogen and oxygen atoms in total. The summed E-state index contributed by atoms with van der Waals surface area (Å²) in [5, 5.41) is 10.3. The van der Waals surface area contributed by atoms with Gasteiger partial charge in [-0.25, -0.2) is 4.98 Å². The lowest BCUT2D eigenvalue weighted by Gasteiger charge is -2.42. The Labute approximate surface area is 170 Å². The summed E-state index contributed by atoms with van der Waals surface area (Å²) in [4.78, 5) is 9.25. The first-order valence-electron chi connectivity index (χ1n) is 9.38. The largest absolute Gasteiger partial charge is 0.346 e. The molecule has 0 unspecified atom stereocenters. The van der Waals surface area contributed by atoms with Crippen molar-refractivity contribution >= 4 is 17.4 Å². The molecule has 3 aromatic rings. The van der Waals surface area contributed by atoms with Crippen LogP contribution in [0, 0.1) is 11.3 Å². The summed E-state index contributed by atoms with van der Waals surface area (Å²) in [7, 11) is 0. The predicted molar refractivity (Wildman–Crippen MR) is 112 cm³/mol. The molecule has 1 fully saturated rings. The van der Waals surface area contributed by atoms with Crippen LogP contribution in [0.3, 0.4) is 0 Å². The van der Waals surface area contributed by atoms with Crippen molar-refractivity contribution in [2.24, 2.45) is 0 Å². The maximum atomic E-state index is 9.54. The Bertz CT molecular complexity index is 966. The van der Waals surface area contributed by atoms with Crippen LogP contribution >= 0.6 is 11.6 Å². The van der Waals surface area contributed by atoms with Crippen molar-refractivity contribution in [1.82, 2.24) is 9.88 Å². The monoisotopic (exact) mass is 388 g/mol. The van der Waals surface area contributed by atoms with Gasteiger partial charge in [-0.2, -0.15) is 5.26 Å². The molecule has 1 saturated heterocycles. The molecule has 1 aromatic heterocycles. The fourth-order valence-corrected chi connectivity index (χ4v) is 3.89. The van der Waals surface area contributed by atoms with Crippen LogP contribution in [0.5, 0.6) is 0 Å². The maximum Gasteiger partial charge on any atom is 0.147 e. The number of anilines is 1. The minimum atomic E-state index is 0.108. The summed E-state index contributed by atoms with van der Waals surface area (Å²) in [6, 6.07) is 24.6. The number of nitrogens with zero attached hydrogens (tertiary/aromatic N) is 4. The van der Waals surface area contributed by atoms with Gasteiger partial charge in [0.05, 0.1) is 11.6 Å². The molecule has 0 saturated carbocycles. The lowest BCUT2D eigenvalue weighted by molar-refractivity contribution is 0.215. The van der Waals surface area contributed by atoms with Gasteiger partial charge in [-0.15, -0.1) is 0 Å². The number of nitriles is 1. The Balaban J connectivity index is 1.65. The second kappa shape index (κ2) is 8.43. The Morgan fingerprint density at radius 1 is 1.00 bits per heavy atom. The van der Waals surface area contributed by atoms with Crippen LogP contribution in [0.4, 0.5) is 5.82 Å². The van der Waals surface area contributed by atoms with E-state index in [-0.39, 0.29) is 6.04 Å². The second-order valence-electron chi connectivity index (χ2n) is 6.97. The van der Waals surface area contributed by atoms with Crippen molar-refractivity contribution in [1.29, 1.82) is 5.26 Å². The minimum Gasteiger partial charge on any atom is -0.346 e. The van der Waals surface area contributed by atoms with Crippen molar-refractivity contribution < 1.29 is 0 Å². The molecular formula is C23H21ClN4. The van der Waals surface area contributed by atoms with Gasteiger partial charge in [0.25, 0.3) is 0 Å². The number of piperazine rings is 1. The van der Waals surface area contributed by atoms with E-state index < -0.39 is 0 Å². The van der Waals surface area contributed by atoms with Gasteiger partial charge in [0.1, 0.15) is 11.9 Å². The molecule has 140 valence electrons. The molecule has 0 aliphatic carbocycles. The van der Waals surface area contributed by atoms with Gasteiger partial charge in [-0.05, 0) is 35.4 Å². The number of benzene rings is 2. The van der Waals surface area contributed by atoms with Crippen LogP contribution in [0.1, 0.15) is 22.7 Å². The van der Waals surface area contributed by atoms with E-state index in [1.807, 2.05) is 30.3 Å². The fourth-order valence-electron chi connectivity index (χ4n) is 3.76. The van der Waals surface area contributed by atoms with Gasteiger partial charge < -0.3 is 4.90 Å². The van der Waals surface area contributed by atoms with E-state index in [2.05, 4.69) is 57.3 Å². The molecule has 0 bridgehead atoms. The molecule has 0 radical (unpaired) electrons. The van der Waals surface area contributed by atoms with Crippen LogP contribution in [0.25, 0.3) is 0 Å². The summed E-state index contributed by atoms with van der Waals surface area (Å²) < 4.78 is 0. The molecule has 28 heavy (non-hydrogen) atoms. The van der Waals surface area contributed by atoms with E-state index in [4.69, 9.17) is 11.6 Å². The average molecular weight is 389 g/mol. The molecule has 2 aromatic carbocycles. The van der Waals surface area contributed by atoms with Crippen molar-refractivity contribution in [3.8, 4) is 6.07 Å². The third-order valence-corrected chi connectivity index (χ3v) is 5.40. The molecule has 2 heterocycles. The summed E-state index contributed by atoms with van der Waals surface area (Å²) in [5.74, 6) is 0.754. The van der Waals surface area contributed by atoms with Gasteiger partial charge in [-0.3, -0.25) is 4.90 Å². The zero-order valence-corrected chi connectivity index (χ0v) is 16.3. The Morgan fingerprint density at radius 2 is 1.79 bits per heavy atom. The Hall–Kier alpha value is -2.87. The van der Waals surface area contributed by atoms with E-state index in [0.29, 0.717) is 5.56 Å². The third kappa shape index (κ3) is 4.01. The van der Waals surface area contributed by atoms with E-state index in [0.717, 1.165) is 37.0 Å². The highest BCUT2D eigenvalue weighted by molar-refractivity contribution is 6.30. The highest BCUT2D eigenvalue weighted by Gasteiger charge is 2.30. The minimum absolute atomic E-state index is 0.108. The molecule has 0 N–H and O–H groups in total. The third-order valence-electron chi connectivity index (χ3n) is 5.15. The SMILES string of the molecule is N#Cc1cccnc1N1CCN(Cc2ccccc2)C[C@H]1c1ccc(Cl)cc1. The predicted octanol–water partition coefficient (Wildman–Crippen LogP) is 4.67. The maximum absolute atomic E-state index is 9.54. The van der Waals surface area contributed by atoms with Gasteiger partial charge >= 0.3 is 0 Å². The molecule has 1 aliphatic heterocycles. The fraction of sp³-hybridized carbons (Fsp3) is 0.217. The molecule has 1 atom stereocenters. The lowest BCUT2D eigenvalue weighted by Crippen LogP contribution is -2.48. The summed E-state index contributed by atoms with van der Waals surface area (Å²) in [5.41, 5.74) is 3.09. The zero-order valence-electron chi connectivity index (χ0n) is 15.5. The van der Waals surface area contributed by atoms with Crippen molar-refractivity contribution in [3.05, 3.63) is 94.6 Å². The van der Waals surface area contributed by atoms with Crippen LogP contribution < -0.4 is 4.90 Å². The van der Waals surface area contributed by atoms with Gasteiger partial charge in [0.2, 0.25) is 0 Å². The Morgan fingerprint density at radius 3 is 2.54 bits per heavy atom. The molecule has 0 amide bonds. The quantitative estimate of drug-likeness (QED) is 0.651. The van der Waals surface area contributed by atoms with Gasteiger partial charge in [0, 0.05) is 37.4 Å². The van der Waals surface area contributed by atoms with E-state index in [9.17, 15) is 5.26 Å². The van der Waals surface area contributed by atoms with Crippen LogP contribution in [0.2, 0.25) is 5.02 Å². The topological polar surface area (TPSA) is 43.2 Å². The smallest absolute Gasteiger partial charge is 0.147 e. The van der Waals surface area contributed by atoms with E-state index in [1.54, 1.807) is 6.20 Å². The van der Waals surface area contributed by atoms with Crippen molar-refractivity contribution in [2.75, 3.05) is 24.5 Å². The number of hydrogen-bond donors (Lipinski definition) is 0. The standard InChI is InChI=1S/C23H21ClN4/c24-21-10-8-19(9-11-21)22-17-27(16-18-5-2-1-3-6-18)13-14-28(22)23-20(15-25)7-4-12-26-23/h1-12,22H,13-14,16-17H2/t22-/m0/s1. The van der Waals surface area contributed by atoms with Crippen molar-refractivity contribution in [3.63, 3.8) is 0 Å². The number of rotatable bonds is 4. The molecule has 5 heteroatoms. The first-order valence-corrected chi connectivity index (χ1v) is 9.76. The highest BCUT2D eigenvalue weighted by Crippen LogP contribution is 2.32. The van der Waals surface area contributed by atoms with Crippen LogP contribution in [0.15, 0.2) is 72.9 Å². The number of aromatic nitrogens is 1. The van der Waals surface area contributed by atoms with Crippen LogP contribution in [-0.2, 0) is 6.54 Å². The zero-order chi connectivity index (χ0) is 19.3. The normalized spacial score (nSPS) is 17.3. The van der Waals surface area contributed by atoms with Gasteiger partial charge in [0.15, 0.2) is 0 Å². The molecular weight excluding hydrogens is 368 g/mol. The van der Waals surface area contributed by atoms with E-state index in [1.165, 1.54) is 11.1 Å². The number of hydrogen-bond acceptors (Lipinski definition) is 4. The lowest BCUT2D eigenvalue weighted by atomic mass is 10.0. The van der Waals surface area contributed by atoms with Crippen molar-refractivity contribution in [2.45, 2.75) is 12.6 Å². The number of halogens is 1. The van der Waals surface area contributed by atoms with E-state index >= 15 is 0 Å². The second-order valence-corrected chi connectivity index (χ2v) is 7.40. The van der Waals surface area contributed by atoms with Gasteiger partial charge in [-0.1, -0.05) is 54.1 Å². The number of pyridine rings is 1. The Kier molecular flexibility index (Phi) is 5.57. The summed E-state index contributed by atoms with van der Waals surface area (Å²) >= 11 is 6.11. The summed E-state index contributed by atoms with van der Waals surface area (Å²) in [6.07, 6.45) is 1.76. The first kappa shape index (κ1) is 18.5. The average Bonchev–Trinajstić information content (AvgIpc) is 2.75. The van der Waals surface area contributed by atoms with Crippen LogP contribution in [-0.4, -0.2) is 29.5 Å². The highest BCUT2D eigenvalue weighted by atomic mass is 35.5.